The van der Waals surface area contributed by atoms with Gasteiger partial charge in [-0.05, 0) is 45.0 Å². The molecule has 1 fully saturated rings. The molecule has 0 bridgehead atoms. The van der Waals surface area contributed by atoms with E-state index >= 15 is 0 Å². The normalized spacial score (nSPS) is 15.4. The lowest BCUT2D eigenvalue weighted by Crippen LogP contribution is -2.55. The van der Waals surface area contributed by atoms with Crippen LogP contribution in [0.25, 0.3) is 22.3 Å². The number of benzene rings is 1. The number of thioether (sulfide) groups is 1. The van der Waals surface area contributed by atoms with E-state index in [1.807, 2.05) is 20.8 Å². The Bertz CT molecular complexity index is 1150. The predicted octanol–water partition coefficient (Wildman–Crippen LogP) is 4.66. The van der Waals surface area contributed by atoms with Crippen molar-refractivity contribution in [2.45, 2.75) is 39.0 Å². The van der Waals surface area contributed by atoms with Gasteiger partial charge < -0.3 is 10.1 Å². The number of nitrogens with zero attached hydrogens (tertiary/aromatic N) is 3. The fourth-order valence-electron chi connectivity index (χ4n) is 3.41. The van der Waals surface area contributed by atoms with Crippen molar-refractivity contribution in [3.63, 3.8) is 0 Å². The van der Waals surface area contributed by atoms with Crippen molar-refractivity contribution in [1.29, 1.82) is 0 Å². The van der Waals surface area contributed by atoms with Crippen LogP contribution in [0.15, 0.2) is 30.5 Å². The number of nitrogens with one attached hydrogen (secondary N) is 1. The van der Waals surface area contributed by atoms with E-state index in [2.05, 4.69) is 20.1 Å². The summed E-state index contributed by atoms with van der Waals surface area (Å²) < 4.78 is 45.8. The Balaban J connectivity index is 1.78. The van der Waals surface area contributed by atoms with Gasteiger partial charge in [0.1, 0.15) is 22.8 Å². The number of carbonyl (C=O) groups is 1. The van der Waals surface area contributed by atoms with Gasteiger partial charge in [-0.3, -0.25) is 14.5 Å². The molecule has 6 nitrogen and oxygen atoms in total. The zero-order valence-electron chi connectivity index (χ0n) is 17.2. The molecule has 1 saturated heterocycles. The Kier molecular flexibility index (Phi) is 5.59. The van der Waals surface area contributed by atoms with Gasteiger partial charge in [0, 0.05) is 29.3 Å². The SMILES string of the molecule is CC(C)n1nc(-c2cc(OC(F)F)ccc2F)c2ncc(C(=O)NC3(C)CSC3)cc21. The second kappa shape index (κ2) is 8.07. The lowest BCUT2D eigenvalue weighted by Gasteiger charge is -2.38. The standard InChI is InChI=1S/C21H21F3N4O2S/c1-11(2)28-16-6-12(19(29)26-21(3)9-31-10-21)8-25-18(16)17(27-28)14-7-13(30-20(23)24)4-5-15(14)22/h4-8,11,20H,9-10H2,1-3H3,(H,26,29). The molecule has 0 atom stereocenters. The fraction of sp³-hybridized carbons (Fsp3) is 0.381. The van der Waals surface area contributed by atoms with Gasteiger partial charge in [0.05, 0.1) is 16.6 Å². The minimum absolute atomic E-state index is 0.00810. The summed E-state index contributed by atoms with van der Waals surface area (Å²) in [5.41, 5.74) is 1.22. The molecule has 0 spiro atoms. The third-order valence-corrected chi connectivity index (χ3v) is 6.65. The van der Waals surface area contributed by atoms with E-state index in [0.717, 1.165) is 23.6 Å². The number of rotatable bonds is 6. The maximum atomic E-state index is 14.6. The van der Waals surface area contributed by atoms with Crippen LogP contribution in [0.5, 0.6) is 5.75 Å². The number of alkyl halides is 2. The Morgan fingerprint density at radius 1 is 1.29 bits per heavy atom. The molecule has 3 aromatic rings. The molecule has 1 aliphatic rings. The predicted molar refractivity (Wildman–Crippen MR) is 113 cm³/mol. The number of hydrogen-bond donors (Lipinski definition) is 1. The molecule has 1 aromatic carbocycles. The first kappa shape index (κ1) is 21.5. The van der Waals surface area contributed by atoms with Gasteiger partial charge in [-0.25, -0.2) is 4.39 Å². The first-order valence-corrected chi connectivity index (χ1v) is 10.9. The Morgan fingerprint density at radius 2 is 2.03 bits per heavy atom. The van der Waals surface area contributed by atoms with Crippen LogP contribution < -0.4 is 10.1 Å². The van der Waals surface area contributed by atoms with Crippen molar-refractivity contribution in [1.82, 2.24) is 20.1 Å². The molecule has 31 heavy (non-hydrogen) atoms. The van der Waals surface area contributed by atoms with Gasteiger partial charge in [0.25, 0.3) is 5.91 Å². The van der Waals surface area contributed by atoms with E-state index in [-0.39, 0.29) is 34.5 Å². The van der Waals surface area contributed by atoms with E-state index in [0.29, 0.717) is 16.6 Å². The van der Waals surface area contributed by atoms with Gasteiger partial charge in [-0.1, -0.05) is 0 Å². The van der Waals surface area contributed by atoms with E-state index in [9.17, 15) is 18.0 Å². The number of aromatic nitrogens is 3. The first-order chi connectivity index (χ1) is 14.7. The highest BCUT2D eigenvalue weighted by molar-refractivity contribution is 8.00. The van der Waals surface area contributed by atoms with Crippen LogP contribution in [0.4, 0.5) is 13.2 Å². The summed E-state index contributed by atoms with van der Waals surface area (Å²) in [5, 5.41) is 7.50. The van der Waals surface area contributed by atoms with Crippen LogP contribution >= 0.6 is 11.8 Å². The highest BCUT2D eigenvalue weighted by atomic mass is 32.2. The number of hydrogen-bond acceptors (Lipinski definition) is 5. The maximum Gasteiger partial charge on any atom is 0.387 e. The molecule has 1 aliphatic heterocycles. The monoisotopic (exact) mass is 450 g/mol. The lowest BCUT2D eigenvalue weighted by molar-refractivity contribution is -0.0498. The average molecular weight is 450 g/mol. The molecular weight excluding hydrogens is 429 g/mol. The van der Waals surface area contributed by atoms with Crippen LogP contribution in [0, 0.1) is 5.82 Å². The van der Waals surface area contributed by atoms with Crippen molar-refractivity contribution in [2.75, 3.05) is 11.5 Å². The second-order valence-electron chi connectivity index (χ2n) is 8.01. The number of ether oxygens (including phenoxy) is 1. The molecule has 0 radical (unpaired) electrons. The van der Waals surface area contributed by atoms with Crippen molar-refractivity contribution >= 4 is 28.7 Å². The molecule has 10 heteroatoms. The summed E-state index contributed by atoms with van der Waals surface area (Å²) >= 11 is 1.76. The van der Waals surface area contributed by atoms with Gasteiger partial charge in [-0.15, -0.1) is 0 Å². The molecule has 1 N–H and O–H groups in total. The minimum Gasteiger partial charge on any atom is -0.435 e. The molecule has 2 aromatic heterocycles. The number of carbonyl (C=O) groups excluding carboxylic acids is 1. The molecule has 0 unspecified atom stereocenters. The fourth-order valence-corrected chi connectivity index (χ4v) is 4.37. The van der Waals surface area contributed by atoms with Crippen LogP contribution in [0.1, 0.15) is 37.2 Å². The summed E-state index contributed by atoms with van der Waals surface area (Å²) in [7, 11) is 0. The Labute approximate surface area is 181 Å². The number of halogens is 3. The lowest BCUT2D eigenvalue weighted by atomic mass is 10.1. The molecular formula is C21H21F3N4O2S. The van der Waals surface area contributed by atoms with E-state index in [1.54, 1.807) is 22.5 Å². The number of fused-ring (bicyclic) bond motifs is 1. The van der Waals surface area contributed by atoms with Crippen molar-refractivity contribution in [3.8, 4) is 17.0 Å². The molecule has 1 amide bonds. The quantitative estimate of drug-likeness (QED) is 0.592. The van der Waals surface area contributed by atoms with Gasteiger partial charge in [0.15, 0.2) is 0 Å². The summed E-state index contributed by atoms with van der Waals surface area (Å²) in [6.45, 7) is 2.74. The number of pyridine rings is 1. The zero-order chi connectivity index (χ0) is 22.3. The summed E-state index contributed by atoms with van der Waals surface area (Å²) in [6, 6.07) is 4.90. The van der Waals surface area contributed by atoms with Crippen molar-refractivity contribution < 1.29 is 22.7 Å². The Morgan fingerprint density at radius 3 is 2.65 bits per heavy atom. The minimum atomic E-state index is -3.03. The van der Waals surface area contributed by atoms with Crippen LogP contribution in [0.2, 0.25) is 0 Å². The van der Waals surface area contributed by atoms with Crippen LogP contribution in [0.3, 0.4) is 0 Å². The van der Waals surface area contributed by atoms with Crippen molar-refractivity contribution in [2.24, 2.45) is 0 Å². The molecule has 4 rings (SSSR count). The Hall–Kier alpha value is -2.75. The topological polar surface area (TPSA) is 69.0 Å². The van der Waals surface area contributed by atoms with Gasteiger partial charge in [-0.2, -0.15) is 25.6 Å². The molecule has 3 heterocycles. The third kappa shape index (κ3) is 4.21. The smallest absolute Gasteiger partial charge is 0.387 e. The van der Waals surface area contributed by atoms with Crippen LogP contribution in [-0.2, 0) is 0 Å². The van der Waals surface area contributed by atoms with E-state index < -0.39 is 12.4 Å². The third-order valence-electron chi connectivity index (χ3n) is 4.97. The number of amides is 1. The van der Waals surface area contributed by atoms with Crippen LogP contribution in [-0.4, -0.2) is 44.3 Å². The second-order valence-corrected chi connectivity index (χ2v) is 8.99. The maximum absolute atomic E-state index is 14.6. The van der Waals surface area contributed by atoms with E-state index in [4.69, 9.17) is 0 Å². The summed E-state index contributed by atoms with van der Waals surface area (Å²) in [4.78, 5) is 17.1. The molecule has 0 aliphatic carbocycles. The van der Waals surface area contributed by atoms with Crippen molar-refractivity contribution in [3.05, 3.63) is 41.8 Å². The highest BCUT2D eigenvalue weighted by Crippen LogP contribution is 2.33. The molecule has 164 valence electrons. The van der Waals surface area contributed by atoms with E-state index in [1.165, 1.54) is 12.3 Å². The summed E-state index contributed by atoms with van der Waals surface area (Å²) in [5.74, 6) is 0.628. The summed E-state index contributed by atoms with van der Waals surface area (Å²) in [6.07, 6.45) is 1.42. The average Bonchev–Trinajstić information content (AvgIpc) is 3.06. The van der Waals surface area contributed by atoms with Gasteiger partial charge >= 0.3 is 6.61 Å². The zero-order valence-corrected chi connectivity index (χ0v) is 18.0. The highest BCUT2D eigenvalue weighted by Gasteiger charge is 2.34. The van der Waals surface area contributed by atoms with Gasteiger partial charge in [0.2, 0.25) is 0 Å². The first-order valence-electron chi connectivity index (χ1n) is 9.70. The molecule has 0 saturated carbocycles. The largest absolute Gasteiger partial charge is 0.435 e.